The van der Waals surface area contributed by atoms with Crippen LogP contribution in [0.5, 0.6) is 0 Å². The Bertz CT molecular complexity index is 224. The lowest BCUT2D eigenvalue weighted by Gasteiger charge is -2.19. The van der Waals surface area contributed by atoms with Crippen molar-refractivity contribution in [3.05, 3.63) is 0 Å². The minimum absolute atomic E-state index is 0.522. The van der Waals surface area contributed by atoms with E-state index in [2.05, 4.69) is 34.6 Å². The molecule has 0 aromatic rings. The summed E-state index contributed by atoms with van der Waals surface area (Å²) < 4.78 is 0. The van der Waals surface area contributed by atoms with Crippen LogP contribution in [0.25, 0.3) is 0 Å². The van der Waals surface area contributed by atoms with Crippen LogP contribution in [0.3, 0.4) is 0 Å². The summed E-state index contributed by atoms with van der Waals surface area (Å²) in [6, 6.07) is 0. The minimum atomic E-state index is 0.522. The van der Waals surface area contributed by atoms with E-state index in [0.717, 1.165) is 5.92 Å². The molecule has 194 valence electrons. The van der Waals surface area contributed by atoms with Gasteiger partial charge < -0.3 is 0 Å². The SMILES string of the molecule is C1CCC1.C1CCC1.C1CCC1.C1CCC1.C1CCC1.C1CCC1.CC(C)CC(C)(C)C. The average Bonchev–Trinajstić information content (AvgIpc) is 2.19. The third-order valence-electron chi connectivity index (χ3n) is 7.02. The van der Waals surface area contributed by atoms with Gasteiger partial charge in [0.15, 0.2) is 0 Å². The topological polar surface area (TPSA) is 0 Å². The fourth-order valence-electron chi connectivity index (χ4n) is 2.72. The Balaban J connectivity index is 0.000000356. The maximum Gasteiger partial charge on any atom is -0.0380 e. The molecule has 0 saturated heterocycles. The van der Waals surface area contributed by atoms with E-state index < -0.39 is 0 Å². The smallest absolute Gasteiger partial charge is 0.0380 e. The summed E-state index contributed by atoms with van der Waals surface area (Å²) in [5.74, 6) is 0.843. The second-order valence-corrected chi connectivity index (χ2v) is 12.6. The van der Waals surface area contributed by atoms with E-state index in [-0.39, 0.29) is 0 Å². The first kappa shape index (κ1) is 32.0. The lowest BCUT2D eigenvalue weighted by atomic mass is 9.86. The highest BCUT2D eigenvalue weighted by Gasteiger charge is 2.11. The highest BCUT2D eigenvalue weighted by atomic mass is 14.2. The maximum atomic E-state index is 2.28. The molecule has 0 atom stereocenters. The molecule has 6 rings (SSSR count). The highest BCUT2D eigenvalue weighted by molar-refractivity contribution is 4.62. The zero-order chi connectivity index (χ0) is 23.8. The molecule has 32 heavy (non-hydrogen) atoms. The van der Waals surface area contributed by atoms with E-state index in [1.165, 1.54) is 161 Å². The van der Waals surface area contributed by atoms with Gasteiger partial charge in [-0.25, -0.2) is 0 Å². The molecule has 0 spiro atoms. The van der Waals surface area contributed by atoms with Crippen molar-refractivity contribution in [1.82, 2.24) is 0 Å². The third kappa shape index (κ3) is 30.0. The van der Waals surface area contributed by atoms with E-state index in [9.17, 15) is 0 Å². The van der Waals surface area contributed by atoms with Crippen molar-refractivity contribution < 1.29 is 0 Å². The zero-order valence-electron chi connectivity index (χ0n) is 23.8. The van der Waals surface area contributed by atoms with Crippen LogP contribution < -0.4 is 0 Å². The first-order valence-electron chi connectivity index (χ1n) is 15.4. The summed E-state index contributed by atoms with van der Waals surface area (Å²) in [6.45, 7) is 11.4. The average molecular weight is 451 g/mol. The molecular weight excluding hydrogens is 384 g/mol. The molecule has 0 nitrogen and oxygen atoms in total. The number of hydrogen-bond acceptors (Lipinski definition) is 0. The lowest BCUT2D eigenvalue weighted by molar-refractivity contribution is 0.320. The molecule has 0 bridgehead atoms. The van der Waals surface area contributed by atoms with Gasteiger partial charge in [-0.05, 0) is 17.8 Å². The van der Waals surface area contributed by atoms with Gasteiger partial charge in [-0.15, -0.1) is 0 Å². The molecule has 0 N–H and O–H groups in total. The molecule has 0 heterocycles. The van der Waals surface area contributed by atoms with Gasteiger partial charge >= 0.3 is 0 Å². The van der Waals surface area contributed by atoms with Crippen LogP contribution in [0, 0.1) is 11.3 Å². The largest absolute Gasteiger partial charge is 0.0628 e. The van der Waals surface area contributed by atoms with Crippen LogP contribution >= 0.6 is 0 Å². The van der Waals surface area contributed by atoms with Gasteiger partial charge in [0.25, 0.3) is 0 Å². The standard InChI is InChI=1S/C8H18.6C4H8/c1-7(2)6-8(3,4)5;6*1-2-4-3-1/h7H,6H2,1-5H3;6*1-4H2. The van der Waals surface area contributed by atoms with Crippen LogP contribution in [-0.2, 0) is 0 Å². The van der Waals surface area contributed by atoms with Crippen LogP contribution in [0.1, 0.15) is 195 Å². The van der Waals surface area contributed by atoms with Gasteiger partial charge in [-0.1, -0.05) is 189 Å². The number of rotatable bonds is 1. The second-order valence-electron chi connectivity index (χ2n) is 12.6. The molecule has 6 fully saturated rings. The molecule has 0 heteroatoms. The molecular formula is C32H66. The van der Waals surface area contributed by atoms with Gasteiger partial charge in [0.2, 0.25) is 0 Å². The molecule has 0 aromatic carbocycles. The Morgan fingerprint density at radius 2 is 0.469 bits per heavy atom. The van der Waals surface area contributed by atoms with Gasteiger partial charge in [0.1, 0.15) is 0 Å². The Morgan fingerprint density at radius 1 is 0.344 bits per heavy atom. The molecule has 0 unspecified atom stereocenters. The molecule has 6 saturated carbocycles. The van der Waals surface area contributed by atoms with Crippen molar-refractivity contribution >= 4 is 0 Å². The van der Waals surface area contributed by atoms with Crippen LogP contribution in [0.4, 0.5) is 0 Å². The van der Waals surface area contributed by atoms with Crippen molar-refractivity contribution in [2.24, 2.45) is 11.3 Å². The maximum absolute atomic E-state index is 2.28. The first-order valence-corrected chi connectivity index (χ1v) is 15.4. The Morgan fingerprint density at radius 3 is 0.469 bits per heavy atom. The van der Waals surface area contributed by atoms with Gasteiger partial charge in [0, 0.05) is 0 Å². The normalized spacial score (nSPS) is 21.2. The van der Waals surface area contributed by atoms with E-state index in [0.29, 0.717) is 5.41 Å². The Kier molecular flexibility index (Phi) is 24.1. The van der Waals surface area contributed by atoms with Gasteiger partial charge in [-0.2, -0.15) is 0 Å². The first-order chi connectivity index (χ1) is 15.4. The van der Waals surface area contributed by atoms with E-state index in [1.54, 1.807) is 0 Å². The van der Waals surface area contributed by atoms with Crippen molar-refractivity contribution in [3.8, 4) is 0 Å². The van der Waals surface area contributed by atoms with Crippen LogP contribution in [0.15, 0.2) is 0 Å². The molecule has 0 amide bonds. The van der Waals surface area contributed by atoms with Gasteiger partial charge in [-0.3, -0.25) is 0 Å². The van der Waals surface area contributed by atoms with E-state index >= 15 is 0 Å². The quantitative estimate of drug-likeness (QED) is 0.372. The second kappa shape index (κ2) is 24.1. The van der Waals surface area contributed by atoms with E-state index in [1.807, 2.05) is 0 Å². The summed E-state index contributed by atoms with van der Waals surface area (Å²) >= 11 is 0. The zero-order valence-corrected chi connectivity index (χ0v) is 23.8. The Hall–Kier alpha value is 0. The van der Waals surface area contributed by atoms with Crippen molar-refractivity contribution in [2.75, 3.05) is 0 Å². The Labute approximate surface area is 206 Å². The molecule has 6 aliphatic rings. The fraction of sp³-hybridized carbons (Fsp3) is 1.00. The van der Waals surface area contributed by atoms with Crippen molar-refractivity contribution in [2.45, 2.75) is 195 Å². The predicted octanol–water partition coefficient (Wildman–Crippen LogP) is 12.4. The summed E-state index contributed by atoms with van der Waals surface area (Å²) in [4.78, 5) is 0. The summed E-state index contributed by atoms with van der Waals surface area (Å²) in [5, 5.41) is 0. The molecule has 0 aliphatic heterocycles. The van der Waals surface area contributed by atoms with E-state index in [4.69, 9.17) is 0 Å². The fourth-order valence-corrected chi connectivity index (χ4v) is 2.72. The lowest BCUT2D eigenvalue weighted by Crippen LogP contribution is -2.08. The summed E-state index contributed by atoms with van der Waals surface area (Å²) in [6.07, 6.45) is 37.3. The molecule has 0 radical (unpaired) electrons. The van der Waals surface area contributed by atoms with Crippen LogP contribution in [-0.4, -0.2) is 0 Å². The number of hydrogen-bond donors (Lipinski definition) is 0. The van der Waals surface area contributed by atoms with Crippen molar-refractivity contribution in [1.29, 1.82) is 0 Å². The highest BCUT2D eigenvalue weighted by Crippen LogP contribution is 2.23. The minimum Gasteiger partial charge on any atom is -0.0628 e. The molecule has 6 aliphatic carbocycles. The van der Waals surface area contributed by atoms with Crippen LogP contribution in [0.2, 0.25) is 0 Å². The van der Waals surface area contributed by atoms with Gasteiger partial charge in [0.05, 0.1) is 0 Å². The third-order valence-corrected chi connectivity index (χ3v) is 7.02. The summed E-state index contributed by atoms with van der Waals surface area (Å²) in [5.41, 5.74) is 0.522. The predicted molar refractivity (Wildman–Crippen MR) is 150 cm³/mol. The van der Waals surface area contributed by atoms with Crippen molar-refractivity contribution in [3.63, 3.8) is 0 Å². The summed E-state index contributed by atoms with van der Waals surface area (Å²) in [7, 11) is 0. The molecule has 0 aromatic heterocycles. The monoisotopic (exact) mass is 451 g/mol.